The molecule has 1 amide bonds. The molecule has 1 aliphatic rings. The van der Waals surface area contributed by atoms with E-state index in [0.29, 0.717) is 12.3 Å². The Morgan fingerprint density at radius 2 is 1.95 bits per heavy atom. The molecule has 1 aromatic heterocycles. The normalized spacial score (nSPS) is 14.8. The maximum absolute atomic E-state index is 11.8. The average Bonchev–Trinajstić information content (AvgIpc) is 3.01. The molecule has 0 N–H and O–H groups in total. The highest BCUT2D eigenvalue weighted by Gasteiger charge is 2.21. The Balaban J connectivity index is 2.03. The number of nitrogens with zero attached hydrogens (tertiary/aromatic N) is 1. The maximum atomic E-state index is 11.8. The van der Waals surface area contributed by atoms with E-state index in [2.05, 4.69) is 18.2 Å². The number of rotatable bonds is 2. The third kappa shape index (κ3) is 2.30. The van der Waals surface area contributed by atoms with E-state index in [1.165, 1.54) is 0 Å². The molecule has 3 rings (SSSR count). The lowest BCUT2D eigenvalue weighted by atomic mass is 10.0. The van der Waals surface area contributed by atoms with E-state index in [9.17, 15) is 4.79 Å². The molecule has 0 bridgehead atoms. The molecule has 1 aromatic carbocycles. The van der Waals surface area contributed by atoms with Crippen molar-refractivity contribution in [3.63, 3.8) is 0 Å². The third-order valence-electron chi connectivity index (χ3n) is 3.34. The van der Waals surface area contributed by atoms with E-state index < -0.39 is 0 Å². The van der Waals surface area contributed by atoms with Crippen molar-refractivity contribution in [2.75, 3.05) is 6.54 Å². The molecule has 0 saturated heterocycles. The summed E-state index contributed by atoms with van der Waals surface area (Å²) in [7, 11) is 0. The first-order valence-electron chi connectivity index (χ1n) is 6.55. The summed E-state index contributed by atoms with van der Waals surface area (Å²) in [4.78, 5) is 13.5. The Bertz CT molecular complexity index is 666. The van der Waals surface area contributed by atoms with E-state index in [-0.39, 0.29) is 5.91 Å². The van der Waals surface area contributed by atoms with Gasteiger partial charge in [-0.05, 0) is 29.3 Å². The molecule has 0 fully saturated rings. The van der Waals surface area contributed by atoms with Crippen molar-refractivity contribution in [3.05, 3.63) is 72.2 Å². The Morgan fingerprint density at radius 3 is 2.60 bits per heavy atom. The number of hydrogen-bond acceptors (Lipinski definition) is 2. The van der Waals surface area contributed by atoms with E-state index in [1.54, 1.807) is 18.1 Å². The summed E-state index contributed by atoms with van der Waals surface area (Å²) < 4.78 is 5.45. The zero-order chi connectivity index (χ0) is 13.9. The second-order valence-electron chi connectivity index (χ2n) is 4.66. The van der Waals surface area contributed by atoms with Gasteiger partial charge in [0.05, 0.1) is 12.0 Å². The first-order valence-corrected chi connectivity index (χ1v) is 6.55. The highest BCUT2D eigenvalue weighted by molar-refractivity contribution is 5.92. The monoisotopic (exact) mass is 265 g/mol. The molecule has 2 aromatic rings. The van der Waals surface area contributed by atoms with E-state index in [0.717, 1.165) is 16.8 Å². The predicted molar refractivity (Wildman–Crippen MR) is 78.5 cm³/mol. The van der Waals surface area contributed by atoms with Crippen LogP contribution in [0.3, 0.4) is 0 Å². The van der Waals surface area contributed by atoms with Crippen molar-refractivity contribution >= 4 is 17.2 Å². The minimum Gasteiger partial charge on any atom is -0.463 e. The zero-order valence-electron chi connectivity index (χ0n) is 11.2. The molecular weight excluding hydrogens is 250 g/mol. The van der Waals surface area contributed by atoms with Crippen molar-refractivity contribution in [2.24, 2.45) is 0 Å². The number of amides is 1. The van der Waals surface area contributed by atoms with Crippen molar-refractivity contribution < 1.29 is 9.21 Å². The van der Waals surface area contributed by atoms with Crippen LogP contribution in [-0.2, 0) is 4.79 Å². The Hall–Kier alpha value is -2.55. The standard InChI is InChI=1S/C17H15NO2/c1-13(19)18-10-9-15(14-6-3-2-4-7-14)12-16(18)17-8-5-11-20-17/h2-9,11-12H,10H2,1H3. The summed E-state index contributed by atoms with van der Waals surface area (Å²) in [5.41, 5.74) is 3.05. The van der Waals surface area contributed by atoms with Crippen LogP contribution in [-0.4, -0.2) is 17.4 Å². The van der Waals surface area contributed by atoms with Gasteiger partial charge in [-0.1, -0.05) is 36.4 Å². The van der Waals surface area contributed by atoms with Crippen LogP contribution < -0.4 is 0 Å². The number of carbonyl (C=O) groups is 1. The Morgan fingerprint density at radius 1 is 1.15 bits per heavy atom. The van der Waals surface area contributed by atoms with Crippen LogP contribution in [0.25, 0.3) is 11.3 Å². The van der Waals surface area contributed by atoms with Crippen LogP contribution in [0.2, 0.25) is 0 Å². The summed E-state index contributed by atoms with van der Waals surface area (Å²) in [6, 6.07) is 13.8. The maximum Gasteiger partial charge on any atom is 0.224 e. The third-order valence-corrected chi connectivity index (χ3v) is 3.34. The predicted octanol–water partition coefficient (Wildman–Crippen LogP) is 3.57. The highest BCUT2D eigenvalue weighted by Crippen LogP contribution is 2.29. The van der Waals surface area contributed by atoms with E-state index >= 15 is 0 Å². The molecule has 100 valence electrons. The topological polar surface area (TPSA) is 33.5 Å². The fourth-order valence-electron chi connectivity index (χ4n) is 2.33. The summed E-state index contributed by atoms with van der Waals surface area (Å²) in [5.74, 6) is 0.720. The molecule has 0 saturated carbocycles. The molecule has 0 spiro atoms. The van der Waals surface area contributed by atoms with Gasteiger partial charge in [0.15, 0.2) is 0 Å². The molecule has 0 aliphatic carbocycles. The minimum atomic E-state index is 0.0102. The van der Waals surface area contributed by atoms with Crippen LogP contribution in [0.1, 0.15) is 18.2 Å². The fraction of sp³-hybridized carbons (Fsp3) is 0.118. The summed E-state index contributed by atoms with van der Waals surface area (Å²) in [6.07, 6.45) is 5.68. The molecule has 3 heteroatoms. The van der Waals surface area contributed by atoms with Gasteiger partial charge < -0.3 is 9.32 Å². The molecule has 2 heterocycles. The number of allylic oxidation sites excluding steroid dienone is 2. The number of carbonyl (C=O) groups excluding carboxylic acids is 1. The van der Waals surface area contributed by atoms with Gasteiger partial charge in [0.25, 0.3) is 0 Å². The van der Waals surface area contributed by atoms with Gasteiger partial charge >= 0.3 is 0 Å². The van der Waals surface area contributed by atoms with Crippen LogP contribution in [0.15, 0.2) is 65.3 Å². The van der Waals surface area contributed by atoms with Crippen LogP contribution >= 0.6 is 0 Å². The van der Waals surface area contributed by atoms with Crippen LogP contribution in [0, 0.1) is 0 Å². The van der Waals surface area contributed by atoms with Gasteiger partial charge in [-0.25, -0.2) is 0 Å². The largest absolute Gasteiger partial charge is 0.463 e. The van der Waals surface area contributed by atoms with Crippen molar-refractivity contribution in [2.45, 2.75) is 6.92 Å². The second kappa shape index (κ2) is 5.21. The lowest BCUT2D eigenvalue weighted by Crippen LogP contribution is -2.29. The molecule has 1 aliphatic heterocycles. The van der Waals surface area contributed by atoms with Gasteiger partial charge in [0.2, 0.25) is 5.91 Å². The zero-order valence-corrected chi connectivity index (χ0v) is 11.2. The lowest BCUT2D eigenvalue weighted by molar-refractivity contribution is -0.125. The van der Waals surface area contributed by atoms with Crippen molar-refractivity contribution in [3.8, 4) is 0 Å². The lowest BCUT2D eigenvalue weighted by Gasteiger charge is -2.26. The quantitative estimate of drug-likeness (QED) is 0.831. The summed E-state index contributed by atoms with van der Waals surface area (Å²) in [6.45, 7) is 2.13. The van der Waals surface area contributed by atoms with Gasteiger partial charge in [-0.3, -0.25) is 4.79 Å². The summed E-state index contributed by atoms with van der Waals surface area (Å²) in [5, 5.41) is 0. The number of hydrogen-bond donors (Lipinski definition) is 0. The van der Waals surface area contributed by atoms with E-state index in [1.807, 2.05) is 36.4 Å². The first-order chi connectivity index (χ1) is 9.75. The van der Waals surface area contributed by atoms with Crippen molar-refractivity contribution in [1.29, 1.82) is 0 Å². The molecule has 0 atom stereocenters. The molecule has 3 nitrogen and oxygen atoms in total. The minimum absolute atomic E-state index is 0.0102. The summed E-state index contributed by atoms with van der Waals surface area (Å²) >= 11 is 0. The smallest absolute Gasteiger partial charge is 0.224 e. The Labute approximate surface area is 117 Å². The molecule has 0 unspecified atom stereocenters. The Kier molecular flexibility index (Phi) is 3.25. The molecule has 20 heavy (non-hydrogen) atoms. The van der Waals surface area contributed by atoms with Crippen LogP contribution in [0.4, 0.5) is 0 Å². The van der Waals surface area contributed by atoms with Gasteiger partial charge in [0, 0.05) is 13.5 Å². The molecule has 0 radical (unpaired) electrons. The van der Waals surface area contributed by atoms with Gasteiger partial charge in [-0.15, -0.1) is 0 Å². The number of furan rings is 1. The first kappa shape index (κ1) is 12.5. The van der Waals surface area contributed by atoms with Gasteiger partial charge in [0.1, 0.15) is 5.76 Å². The SMILES string of the molecule is CC(=O)N1CC=C(c2ccccc2)C=C1c1ccco1. The highest BCUT2D eigenvalue weighted by atomic mass is 16.3. The van der Waals surface area contributed by atoms with Crippen LogP contribution in [0.5, 0.6) is 0 Å². The fourth-order valence-corrected chi connectivity index (χ4v) is 2.33. The molecular formula is C17H15NO2. The van der Waals surface area contributed by atoms with E-state index in [4.69, 9.17) is 4.42 Å². The van der Waals surface area contributed by atoms with Gasteiger partial charge in [-0.2, -0.15) is 0 Å². The van der Waals surface area contributed by atoms with Crippen molar-refractivity contribution in [1.82, 2.24) is 4.90 Å². The average molecular weight is 265 g/mol. The number of benzene rings is 1. The second-order valence-corrected chi connectivity index (χ2v) is 4.66.